The summed E-state index contributed by atoms with van der Waals surface area (Å²) in [6.45, 7) is 19.9. The summed E-state index contributed by atoms with van der Waals surface area (Å²) in [6, 6.07) is 14.6. The predicted octanol–water partition coefficient (Wildman–Crippen LogP) is 7.99. The Kier molecular flexibility index (Phi) is 24.8. The Labute approximate surface area is 425 Å². The number of likely N-dealkylation sites (N-methyl/N-ethyl adjacent to an activating group) is 3. The summed E-state index contributed by atoms with van der Waals surface area (Å²) in [5.74, 6) is -2.67. The van der Waals surface area contributed by atoms with Gasteiger partial charge in [0.15, 0.2) is 11.6 Å². The highest BCUT2D eigenvalue weighted by Crippen LogP contribution is 2.33. The lowest BCUT2D eigenvalue weighted by Gasteiger charge is -2.41. The quantitative estimate of drug-likeness (QED) is 0.0687. The van der Waals surface area contributed by atoms with E-state index >= 15 is 0 Å². The van der Waals surface area contributed by atoms with E-state index in [-0.39, 0.29) is 103 Å². The van der Waals surface area contributed by atoms with Crippen LogP contribution < -0.4 is 10.6 Å². The van der Waals surface area contributed by atoms with Gasteiger partial charge in [-0.1, -0.05) is 118 Å². The average molecular weight is 992 g/mol. The van der Waals surface area contributed by atoms with Gasteiger partial charge < -0.3 is 44.7 Å². The molecule has 15 nitrogen and oxygen atoms in total. The van der Waals surface area contributed by atoms with Crippen molar-refractivity contribution < 1.29 is 48.1 Å². The van der Waals surface area contributed by atoms with Gasteiger partial charge in [0, 0.05) is 65.2 Å². The fourth-order valence-corrected chi connectivity index (χ4v) is 10.4. The van der Waals surface area contributed by atoms with E-state index in [1.165, 1.54) is 4.90 Å². The number of hydrogen-bond donors (Lipinski definition) is 3. The highest BCUT2D eigenvalue weighted by molar-refractivity contribution is 5.92. The minimum absolute atomic E-state index is 0.00980. The van der Waals surface area contributed by atoms with E-state index in [4.69, 9.17) is 14.2 Å². The van der Waals surface area contributed by atoms with Crippen molar-refractivity contribution in [1.29, 1.82) is 0 Å². The van der Waals surface area contributed by atoms with Gasteiger partial charge in [-0.25, -0.2) is 4.79 Å². The summed E-state index contributed by atoms with van der Waals surface area (Å²) in [7, 11) is 8.15. The Morgan fingerprint density at radius 1 is 0.761 bits per heavy atom. The summed E-state index contributed by atoms with van der Waals surface area (Å²) in [4.78, 5) is 88.1. The molecule has 2 aromatic carbocycles. The molecular formula is C56H89N5O10. The molecule has 2 aromatic rings. The summed E-state index contributed by atoms with van der Waals surface area (Å²) < 4.78 is 17.8. The maximum atomic E-state index is 14.7. The Morgan fingerprint density at radius 3 is 1.93 bits per heavy atom. The maximum absolute atomic E-state index is 14.7. The van der Waals surface area contributed by atoms with Crippen molar-refractivity contribution in [1.82, 2.24) is 20.0 Å². The molecule has 71 heavy (non-hydrogen) atoms. The number of carbonyl (C=O) groups is 6. The lowest BCUT2D eigenvalue weighted by Crippen LogP contribution is -2.54. The molecule has 398 valence electrons. The Bertz CT molecular complexity index is 2000. The number of ketones is 3. The molecule has 1 saturated heterocycles. The lowest BCUT2D eigenvalue weighted by molar-refractivity contribution is -0.149. The summed E-state index contributed by atoms with van der Waals surface area (Å²) in [5.41, 5.74) is 2.24. The maximum Gasteiger partial charge on any atom is 0.410 e. The highest BCUT2D eigenvalue weighted by Gasteiger charge is 2.44. The molecule has 0 bridgehead atoms. The lowest BCUT2D eigenvalue weighted by atomic mass is 9.83. The van der Waals surface area contributed by atoms with Crippen LogP contribution in [0.25, 0.3) is 0 Å². The highest BCUT2D eigenvalue weighted by atomic mass is 16.6. The van der Waals surface area contributed by atoms with Crippen LogP contribution in [0.1, 0.15) is 125 Å². The molecule has 3 amide bonds. The normalized spacial score (nSPS) is 18.2. The molecule has 1 aliphatic rings. The van der Waals surface area contributed by atoms with Gasteiger partial charge in [-0.3, -0.25) is 24.0 Å². The third-order valence-electron chi connectivity index (χ3n) is 14.9. The number of amides is 3. The average Bonchev–Trinajstić information content (AvgIpc) is 3.83. The molecule has 0 radical (unpaired) electrons. The molecule has 15 heteroatoms. The van der Waals surface area contributed by atoms with Crippen LogP contribution in [0.4, 0.5) is 10.5 Å². The number of hydrogen-bond acceptors (Lipinski definition) is 12. The topological polar surface area (TPSA) is 184 Å². The van der Waals surface area contributed by atoms with Gasteiger partial charge >= 0.3 is 6.09 Å². The van der Waals surface area contributed by atoms with Gasteiger partial charge in [-0.15, -0.1) is 0 Å². The van der Waals surface area contributed by atoms with E-state index in [0.717, 1.165) is 23.2 Å². The zero-order valence-electron chi connectivity index (χ0n) is 45.6. The number of nitrogens with zero attached hydrogens (tertiary/aromatic N) is 3. The number of nitrogens with one attached hydrogen (secondary N) is 2. The van der Waals surface area contributed by atoms with Crippen LogP contribution in [0.3, 0.4) is 0 Å². The number of aliphatic hydroxyl groups is 1. The first-order valence-electron chi connectivity index (χ1n) is 25.9. The number of aliphatic hydroxyl groups excluding tert-OH is 1. The van der Waals surface area contributed by atoms with Crippen LogP contribution >= 0.6 is 0 Å². The van der Waals surface area contributed by atoms with Crippen molar-refractivity contribution in [3.8, 4) is 0 Å². The molecule has 3 rings (SSSR count). The van der Waals surface area contributed by atoms with Crippen molar-refractivity contribution in [2.24, 2.45) is 41.4 Å². The van der Waals surface area contributed by atoms with Gasteiger partial charge in [-0.2, -0.15) is 0 Å². The molecule has 1 aliphatic heterocycles. The van der Waals surface area contributed by atoms with Gasteiger partial charge in [0.1, 0.15) is 12.4 Å². The molecule has 11 atom stereocenters. The third kappa shape index (κ3) is 16.7. The van der Waals surface area contributed by atoms with E-state index in [1.54, 1.807) is 45.2 Å². The number of methoxy groups -OCH3 is 2. The second-order valence-electron chi connectivity index (χ2n) is 21.0. The van der Waals surface area contributed by atoms with E-state index in [9.17, 15) is 33.9 Å². The first-order chi connectivity index (χ1) is 33.5. The Hall–Kier alpha value is -4.70. The van der Waals surface area contributed by atoms with Crippen molar-refractivity contribution in [2.75, 3.05) is 53.8 Å². The van der Waals surface area contributed by atoms with Gasteiger partial charge in [-0.05, 0) is 72.7 Å². The summed E-state index contributed by atoms with van der Waals surface area (Å²) >= 11 is 0. The SMILES string of the molecule is CC[C@H](C)[C@@H](C(CC(=O)N1CCC[C@H]1[C@H](OC)[C@@H](C)C(=O)C[C@H](C)[C@@H](O)c1ccccc1)OC)N(C)C(=O)[C@@H](CC(=O)[C@H](C(C)C)N(C)C(=O)OCc1ccc(NCC(=O)[C@@H](NC)C(C)C)cc1)C(C)C. The Morgan fingerprint density at radius 2 is 1.39 bits per heavy atom. The van der Waals surface area contributed by atoms with E-state index in [2.05, 4.69) is 10.6 Å². The first-order valence-corrected chi connectivity index (χ1v) is 25.9. The van der Waals surface area contributed by atoms with Crippen LogP contribution in [0, 0.1) is 41.4 Å². The number of benzene rings is 2. The number of likely N-dealkylation sites (tertiary alicyclic amines) is 1. The second kappa shape index (κ2) is 29.1. The monoisotopic (exact) mass is 992 g/mol. The fraction of sp³-hybridized carbons (Fsp3) is 0.679. The summed E-state index contributed by atoms with van der Waals surface area (Å²) in [6.07, 6.45) is -0.569. The molecular weight excluding hydrogens is 903 g/mol. The summed E-state index contributed by atoms with van der Waals surface area (Å²) in [5, 5.41) is 17.2. The number of anilines is 1. The van der Waals surface area contributed by atoms with Gasteiger partial charge in [0.25, 0.3) is 0 Å². The predicted molar refractivity (Wildman–Crippen MR) is 278 cm³/mol. The zero-order valence-corrected chi connectivity index (χ0v) is 45.6. The standard InChI is InChI=1S/C56H89N5O10/c1-16-37(8)52(48(69-14)31-49(65)61-28-20-23-44(61)54(70-15)39(10)45(62)29-38(9)53(66)41-21-18-17-19-22-41)59(12)55(67)43(34(2)3)30-46(63)51(36(6)7)60(13)56(68)71-33-40-24-26-42(27-25-40)58-32-47(64)50(57-11)35(4)5/h17-19,21-22,24-27,34-39,43-44,48,50-54,57-58,66H,16,20,23,28-33H2,1-15H3/t37-,38-,39-,43-,44-,48?,50-,51-,52-,53+,54+/m0/s1. The molecule has 0 spiro atoms. The minimum atomic E-state index is -0.861. The smallest absolute Gasteiger partial charge is 0.410 e. The number of ether oxygens (including phenoxy) is 3. The van der Waals surface area contributed by atoms with E-state index in [1.807, 2.05) is 124 Å². The molecule has 0 aliphatic carbocycles. The van der Waals surface area contributed by atoms with Crippen LogP contribution in [0.5, 0.6) is 0 Å². The number of rotatable bonds is 30. The molecule has 0 aromatic heterocycles. The van der Waals surface area contributed by atoms with Crippen molar-refractivity contribution in [2.45, 2.75) is 157 Å². The first kappa shape index (κ1) is 60.6. The van der Waals surface area contributed by atoms with Crippen molar-refractivity contribution in [3.05, 3.63) is 65.7 Å². The largest absolute Gasteiger partial charge is 0.445 e. The number of carbonyl (C=O) groups excluding carboxylic acids is 6. The van der Waals surface area contributed by atoms with Crippen LogP contribution in [-0.4, -0.2) is 140 Å². The minimum Gasteiger partial charge on any atom is -0.445 e. The number of Topliss-reactive ketones (excluding diaryl/α,β-unsaturated/α-hetero) is 3. The molecule has 3 N–H and O–H groups in total. The van der Waals surface area contributed by atoms with Crippen LogP contribution in [0.15, 0.2) is 54.6 Å². The second-order valence-corrected chi connectivity index (χ2v) is 21.0. The van der Waals surface area contributed by atoms with E-state index < -0.39 is 48.3 Å². The van der Waals surface area contributed by atoms with Crippen molar-refractivity contribution >= 4 is 40.9 Å². The Balaban J connectivity index is 1.71. The molecule has 1 heterocycles. The van der Waals surface area contributed by atoms with Crippen LogP contribution in [0.2, 0.25) is 0 Å². The van der Waals surface area contributed by atoms with Crippen molar-refractivity contribution in [3.63, 3.8) is 0 Å². The van der Waals surface area contributed by atoms with Gasteiger partial charge in [0.2, 0.25) is 11.8 Å². The fourth-order valence-electron chi connectivity index (χ4n) is 10.4. The van der Waals surface area contributed by atoms with Gasteiger partial charge in [0.05, 0.1) is 55.4 Å². The molecule has 1 fully saturated rings. The van der Waals surface area contributed by atoms with E-state index in [0.29, 0.717) is 19.4 Å². The molecule has 1 unspecified atom stereocenters. The molecule has 0 saturated carbocycles. The third-order valence-corrected chi connectivity index (χ3v) is 14.9. The van der Waals surface area contributed by atoms with Crippen LogP contribution in [-0.2, 0) is 44.8 Å². The zero-order chi connectivity index (χ0) is 53.3.